The van der Waals surface area contributed by atoms with Gasteiger partial charge < -0.3 is 5.32 Å². The van der Waals surface area contributed by atoms with E-state index in [0.717, 1.165) is 9.73 Å². The predicted molar refractivity (Wildman–Crippen MR) is 65.9 cm³/mol. The number of aromatic nitrogens is 1. The largest absolute Gasteiger partial charge is 0.359 e. The fourth-order valence-electron chi connectivity index (χ4n) is 0.898. The van der Waals surface area contributed by atoms with Crippen molar-refractivity contribution in [1.82, 2.24) is 4.98 Å². The van der Waals surface area contributed by atoms with Crippen molar-refractivity contribution in [1.29, 1.82) is 0 Å². The third-order valence-electron chi connectivity index (χ3n) is 1.60. The lowest BCUT2D eigenvalue weighted by atomic mass is 10.3. The summed E-state index contributed by atoms with van der Waals surface area (Å²) in [6.07, 6.45) is 3.31. The van der Waals surface area contributed by atoms with Gasteiger partial charge >= 0.3 is 0 Å². The van der Waals surface area contributed by atoms with Gasteiger partial charge in [0.2, 0.25) is 0 Å². The van der Waals surface area contributed by atoms with Crippen molar-refractivity contribution in [2.24, 2.45) is 0 Å². The number of nitrogens with one attached hydrogen (secondary N) is 1. The van der Waals surface area contributed by atoms with Gasteiger partial charge in [0.25, 0.3) is 0 Å². The molecule has 0 radical (unpaired) electrons. The predicted octanol–water partition coefficient (Wildman–Crippen LogP) is 3.46. The van der Waals surface area contributed by atoms with E-state index in [-0.39, 0.29) is 0 Å². The molecule has 0 aliphatic heterocycles. The Morgan fingerprint density at radius 1 is 1.77 bits per heavy atom. The van der Waals surface area contributed by atoms with Crippen LogP contribution in [0.25, 0.3) is 0 Å². The van der Waals surface area contributed by atoms with Crippen molar-refractivity contribution in [3.63, 3.8) is 0 Å². The first-order chi connectivity index (χ1) is 6.22. The number of nitrogens with zero attached hydrogens (tertiary/aromatic N) is 1. The molecule has 1 aromatic heterocycles. The summed E-state index contributed by atoms with van der Waals surface area (Å²) in [5.74, 6) is 1.20. The second kappa shape index (κ2) is 5.88. The number of thiazole rings is 1. The van der Waals surface area contributed by atoms with Crippen LogP contribution in [0.1, 0.15) is 13.3 Å². The van der Waals surface area contributed by atoms with Crippen LogP contribution in [0.5, 0.6) is 0 Å². The molecule has 0 aliphatic rings. The molecular weight excluding hydrogens is 268 g/mol. The van der Waals surface area contributed by atoms with Crippen LogP contribution >= 0.6 is 39.0 Å². The van der Waals surface area contributed by atoms with E-state index in [4.69, 9.17) is 0 Å². The van der Waals surface area contributed by atoms with Gasteiger partial charge in [-0.2, -0.15) is 11.8 Å². The zero-order valence-corrected chi connectivity index (χ0v) is 10.9. The minimum atomic E-state index is 0.505. The summed E-state index contributed by atoms with van der Waals surface area (Å²) in [5.41, 5.74) is 0. The molecule has 2 nitrogen and oxygen atoms in total. The topological polar surface area (TPSA) is 24.9 Å². The van der Waals surface area contributed by atoms with Gasteiger partial charge in [-0.15, -0.1) is 11.3 Å². The summed E-state index contributed by atoms with van der Waals surface area (Å²) in [6.45, 7) is 2.19. The Labute approximate surface area is 95.7 Å². The van der Waals surface area contributed by atoms with Crippen LogP contribution in [0.3, 0.4) is 0 Å². The number of thioether (sulfide) groups is 1. The lowest BCUT2D eigenvalue weighted by Crippen LogP contribution is -2.15. The van der Waals surface area contributed by atoms with Gasteiger partial charge in [0, 0.05) is 11.4 Å². The molecule has 1 unspecified atom stereocenters. The third kappa shape index (κ3) is 4.33. The van der Waals surface area contributed by atoms with Crippen molar-refractivity contribution in [2.45, 2.75) is 19.4 Å². The summed E-state index contributed by atoms with van der Waals surface area (Å²) >= 11 is 6.84. The van der Waals surface area contributed by atoms with Gasteiger partial charge in [0.05, 0.1) is 0 Å². The van der Waals surface area contributed by atoms with Crippen LogP contribution in [0.2, 0.25) is 0 Å². The molecule has 1 atom stereocenters. The molecule has 1 heterocycles. The normalized spacial score (nSPS) is 12.8. The van der Waals surface area contributed by atoms with Crippen molar-refractivity contribution < 1.29 is 0 Å². The fraction of sp³-hybridized carbons (Fsp3) is 0.625. The summed E-state index contributed by atoms with van der Waals surface area (Å²) < 4.78 is 0.914. The van der Waals surface area contributed by atoms with Crippen LogP contribution in [0.15, 0.2) is 9.98 Å². The maximum absolute atomic E-state index is 4.28. The van der Waals surface area contributed by atoms with E-state index in [1.165, 1.54) is 12.2 Å². The van der Waals surface area contributed by atoms with Crippen LogP contribution in [-0.4, -0.2) is 23.0 Å². The maximum Gasteiger partial charge on any atom is 0.183 e. The monoisotopic (exact) mass is 280 g/mol. The minimum Gasteiger partial charge on any atom is -0.359 e. The quantitative estimate of drug-likeness (QED) is 0.894. The molecule has 0 saturated heterocycles. The van der Waals surface area contributed by atoms with Crippen LogP contribution in [0, 0.1) is 0 Å². The molecule has 0 spiro atoms. The first-order valence-electron chi connectivity index (χ1n) is 4.09. The Morgan fingerprint density at radius 2 is 2.54 bits per heavy atom. The lowest BCUT2D eigenvalue weighted by molar-refractivity contribution is 0.770. The van der Waals surface area contributed by atoms with Gasteiger partial charge in [0.1, 0.15) is 4.60 Å². The van der Waals surface area contributed by atoms with Crippen molar-refractivity contribution in [2.75, 3.05) is 17.3 Å². The second-order valence-electron chi connectivity index (χ2n) is 2.80. The van der Waals surface area contributed by atoms with Crippen LogP contribution in [-0.2, 0) is 0 Å². The maximum atomic E-state index is 4.28. The average molecular weight is 281 g/mol. The number of hydrogen-bond acceptors (Lipinski definition) is 4. The summed E-state index contributed by atoms with van der Waals surface area (Å²) in [5, 5.41) is 6.35. The molecule has 74 valence electrons. The van der Waals surface area contributed by atoms with Gasteiger partial charge in [0.15, 0.2) is 5.13 Å². The Morgan fingerprint density at radius 3 is 3.08 bits per heavy atom. The highest BCUT2D eigenvalue weighted by molar-refractivity contribution is 9.10. The average Bonchev–Trinajstić information content (AvgIpc) is 2.48. The fourth-order valence-corrected chi connectivity index (χ4v) is 2.74. The molecular formula is C8H13BrN2S2. The lowest BCUT2D eigenvalue weighted by Gasteiger charge is -2.11. The molecule has 0 fully saturated rings. The van der Waals surface area contributed by atoms with Gasteiger partial charge in [-0.1, -0.05) is 0 Å². The Bertz CT molecular complexity index is 252. The van der Waals surface area contributed by atoms with Gasteiger partial charge in [-0.05, 0) is 41.3 Å². The molecule has 1 rings (SSSR count). The van der Waals surface area contributed by atoms with E-state index in [1.54, 1.807) is 11.3 Å². The number of anilines is 1. The molecule has 0 aliphatic carbocycles. The highest BCUT2D eigenvalue weighted by Crippen LogP contribution is 2.20. The van der Waals surface area contributed by atoms with Crippen LogP contribution < -0.4 is 5.32 Å². The van der Waals surface area contributed by atoms with E-state index in [9.17, 15) is 0 Å². The number of rotatable bonds is 5. The molecule has 5 heteroatoms. The van der Waals surface area contributed by atoms with Gasteiger partial charge in [-0.3, -0.25) is 0 Å². The van der Waals surface area contributed by atoms with E-state index < -0.39 is 0 Å². The number of hydrogen-bond donors (Lipinski definition) is 1. The van der Waals surface area contributed by atoms with E-state index in [0.29, 0.717) is 6.04 Å². The molecule has 0 saturated carbocycles. The Balaban J connectivity index is 2.31. The minimum absolute atomic E-state index is 0.505. The molecule has 0 bridgehead atoms. The third-order valence-corrected chi connectivity index (χ3v) is 3.73. The zero-order valence-electron chi connectivity index (χ0n) is 7.71. The number of halogens is 1. The smallest absolute Gasteiger partial charge is 0.183 e. The van der Waals surface area contributed by atoms with E-state index in [1.807, 2.05) is 17.1 Å². The zero-order chi connectivity index (χ0) is 9.68. The van der Waals surface area contributed by atoms with Crippen molar-refractivity contribution >= 4 is 44.2 Å². The summed E-state index contributed by atoms with van der Waals surface area (Å²) in [7, 11) is 0. The summed E-state index contributed by atoms with van der Waals surface area (Å²) in [4.78, 5) is 4.28. The molecule has 1 N–H and O–H groups in total. The standard InChI is InChI=1S/C8H13BrN2S2/c1-6(3-4-12-2)10-8-11-7(9)5-13-8/h5-6H,3-4H2,1-2H3,(H,10,11). The first-order valence-corrected chi connectivity index (χ1v) is 7.15. The van der Waals surface area contributed by atoms with Crippen molar-refractivity contribution in [3.05, 3.63) is 9.98 Å². The summed E-state index contributed by atoms with van der Waals surface area (Å²) in [6, 6.07) is 0.505. The van der Waals surface area contributed by atoms with Crippen molar-refractivity contribution in [3.8, 4) is 0 Å². The Hall–Kier alpha value is 0.260. The van der Waals surface area contributed by atoms with Gasteiger partial charge in [-0.25, -0.2) is 4.98 Å². The first kappa shape index (κ1) is 11.3. The Kier molecular flexibility index (Phi) is 5.13. The molecule has 1 aromatic rings. The SMILES string of the molecule is CSCCC(C)Nc1nc(Br)cs1. The molecule has 0 aromatic carbocycles. The molecule has 0 amide bonds. The highest BCUT2D eigenvalue weighted by atomic mass is 79.9. The second-order valence-corrected chi connectivity index (χ2v) is 5.46. The van der Waals surface area contributed by atoms with Crippen LogP contribution in [0.4, 0.5) is 5.13 Å². The highest BCUT2D eigenvalue weighted by Gasteiger charge is 2.04. The van der Waals surface area contributed by atoms with E-state index >= 15 is 0 Å². The van der Waals surface area contributed by atoms with E-state index in [2.05, 4.69) is 39.4 Å². The molecule has 13 heavy (non-hydrogen) atoms.